The highest BCUT2D eigenvalue weighted by atomic mass is 16.5. The van der Waals surface area contributed by atoms with Crippen molar-refractivity contribution in [3.63, 3.8) is 0 Å². The van der Waals surface area contributed by atoms with Crippen molar-refractivity contribution >= 4 is 23.0 Å². The fourth-order valence-corrected chi connectivity index (χ4v) is 1.66. The van der Waals surface area contributed by atoms with Gasteiger partial charge in [0.1, 0.15) is 6.54 Å². The monoisotopic (exact) mass is 248 g/mol. The number of carbonyl (C=O) groups is 1. The maximum absolute atomic E-state index is 11.1. The molecule has 2 N–H and O–H groups in total. The van der Waals surface area contributed by atoms with E-state index in [4.69, 9.17) is 4.74 Å². The minimum Gasteiger partial charge on any atom is -0.465 e. The summed E-state index contributed by atoms with van der Waals surface area (Å²) in [5.74, 6) is 0.351. The first-order valence-electron chi connectivity index (χ1n) is 5.78. The second-order valence-electron chi connectivity index (χ2n) is 3.77. The van der Waals surface area contributed by atoms with E-state index in [9.17, 15) is 4.79 Å². The number of ether oxygens (including phenoxy) is 1. The molecule has 0 atom stereocenters. The van der Waals surface area contributed by atoms with Gasteiger partial charge >= 0.3 is 5.97 Å². The lowest BCUT2D eigenvalue weighted by molar-refractivity contribution is -0.141. The number of para-hydroxylation sites is 2. The fourth-order valence-electron chi connectivity index (χ4n) is 1.66. The van der Waals surface area contributed by atoms with E-state index in [0.29, 0.717) is 12.6 Å². The molecule has 0 bridgehead atoms. The number of anilines is 1. The van der Waals surface area contributed by atoms with Gasteiger partial charge in [-0.3, -0.25) is 10.2 Å². The number of hydrogen-bond acceptors (Lipinski definition) is 5. The third-order valence-electron chi connectivity index (χ3n) is 2.53. The van der Waals surface area contributed by atoms with E-state index in [0.717, 1.165) is 11.0 Å². The van der Waals surface area contributed by atoms with Crippen molar-refractivity contribution in [3.05, 3.63) is 24.3 Å². The van der Waals surface area contributed by atoms with Gasteiger partial charge in [-0.2, -0.15) is 0 Å². The molecule has 0 saturated heterocycles. The quantitative estimate of drug-likeness (QED) is 0.611. The van der Waals surface area contributed by atoms with Crippen LogP contribution in [0.5, 0.6) is 0 Å². The molecule has 2 aromatic rings. The van der Waals surface area contributed by atoms with Gasteiger partial charge in [-0.1, -0.05) is 12.1 Å². The number of rotatable bonds is 5. The molecule has 0 saturated carbocycles. The summed E-state index contributed by atoms with van der Waals surface area (Å²) in [6, 6.07) is 7.82. The summed E-state index contributed by atoms with van der Waals surface area (Å²) in [6.07, 6.45) is 0. The summed E-state index contributed by atoms with van der Waals surface area (Å²) in [5, 5.41) is 0. The van der Waals surface area contributed by atoms with Crippen LogP contribution in [0.2, 0.25) is 0 Å². The van der Waals surface area contributed by atoms with Crippen molar-refractivity contribution in [2.45, 2.75) is 6.92 Å². The highest BCUT2D eigenvalue weighted by Crippen LogP contribution is 2.16. The van der Waals surface area contributed by atoms with E-state index >= 15 is 0 Å². The molecule has 6 nitrogen and oxygen atoms in total. The molecular weight excluding hydrogens is 232 g/mol. The maximum Gasteiger partial charge on any atom is 0.321 e. The lowest BCUT2D eigenvalue weighted by Gasteiger charge is -2.07. The largest absolute Gasteiger partial charge is 0.465 e. The van der Waals surface area contributed by atoms with Crippen molar-refractivity contribution in [1.29, 1.82) is 0 Å². The van der Waals surface area contributed by atoms with Crippen LogP contribution in [0.4, 0.5) is 5.95 Å². The Morgan fingerprint density at radius 1 is 1.44 bits per heavy atom. The van der Waals surface area contributed by atoms with Crippen LogP contribution < -0.4 is 10.9 Å². The van der Waals surface area contributed by atoms with Gasteiger partial charge in [0, 0.05) is 7.05 Å². The number of hydrogen-bond donors (Lipinski definition) is 2. The molecule has 1 heterocycles. The van der Waals surface area contributed by atoms with Crippen molar-refractivity contribution in [3.8, 4) is 0 Å². The second kappa shape index (κ2) is 5.50. The van der Waals surface area contributed by atoms with Gasteiger partial charge in [0.15, 0.2) is 0 Å². The Balaban J connectivity index is 1.99. The molecule has 18 heavy (non-hydrogen) atoms. The van der Waals surface area contributed by atoms with Gasteiger partial charge in [0.25, 0.3) is 0 Å². The fraction of sp³-hybridized carbons (Fsp3) is 0.333. The third-order valence-corrected chi connectivity index (χ3v) is 2.53. The van der Waals surface area contributed by atoms with Crippen LogP contribution >= 0.6 is 0 Å². The van der Waals surface area contributed by atoms with E-state index in [-0.39, 0.29) is 12.5 Å². The third kappa shape index (κ3) is 2.60. The van der Waals surface area contributed by atoms with Crippen LogP contribution in [0.3, 0.4) is 0 Å². The highest BCUT2D eigenvalue weighted by Gasteiger charge is 2.06. The molecule has 2 rings (SSSR count). The smallest absolute Gasteiger partial charge is 0.321 e. The topological polar surface area (TPSA) is 68.2 Å². The Kier molecular flexibility index (Phi) is 3.78. The number of nitrogens with zero attached hydrogens (tertiary/aromatic N) is 2. The Morgan fingerprint density at radius 3 is 2.94 bits per heavy atom. The van der Waals surface area contributed by atoms with E-state index in [2.05, 4.69) is 15.8 Å². The zero-order valence-electron chi connectivity index (χ0n) is 10.4. The number of carbonyl (C=O) groups excluding carboxylic acids is 1. The molecule has 0 aliphatic carbocycles. The predicted octanol–water partition coefficient (Wildman–Crippen LogP) is 1.05. The average molecular weight is 248 g/mol. The first-order valence-corrected chi connectivity index (χ1v) is 5.78. The normalized spacial score (nSPS) is 10.6. The number of imidazole rings is 1. The molecule has 0 unspecified atom stereocenters. The number of fused-ring (bicyclic) bond motifs is 1. The van der Waals surface area contributed by atoms with Gasteiger partial charge in [-0.05, 0) is 19.1 Å². The van der Waals surface area contributed by atoms with E-state index < -0.39 is 0 Å². The SMILES string of the molecule is CCOC(=O)CNNc1nc2ccccc2n1C. The van der Waals surface area contributed by atoms with E-state index in [1.54, 1.807) is 6.92 Å². The van der Waals surface area contributed by atoms with Crippen LogP contribution in [0, 0.1) is 0 Å². The molecule has 0 spiro atoms. The molecule has 0 radical (unpaired) electrons. The molecule has 0 fully saturated rings. The lowest BCUT2D eigenvalue weighted by atomic mass is 10.3. The van der Waals surface area contributed by atoms with Crippen molar-refractivity contribution in [1.82, 2.24) is 15.0 Å². The average Bonchev–Trinajstić information content (AvgIpc) is 2.68. The summed E-state index contributed by atoms with van der Waals surface area (Å²) in [6.45, 7) is 2.25. The van der Waals surface area contributed by atoms with Crippen LogP contribution in [0.15, 0.2) is 24.3 Å². The Hall–Kier alpha value is -2.08. The van der Waals surface area contributed by atoms with Gasteiger partial charge < -0.3 is 9.30 Å². The molecule has 96 valence electrons. The van der Waals surface area contributed by atoms with Gasteiger partial charge in [-0.15, -0.1) is 0 Å². The van der Waals surface area contributed by atoms with Crippen molar-refractivity contribution < 1.29 is 9.53 Å². The van der Waals surface area contributed by atoms with E-state index in [1.807, 2.05) is 35.9 Å². The molecule has 1 aromatic carbocycles. The first-order chi connectivity index (χ1) is 8.72. The Morgan fingerprint density at radius 2 is 2.22 bits per heavy atom. The van der Waals surface area contributed by atoms with Gasteiger partial charge in [-0.25, -0.2) is 10.4 Å². The molecule has 0 aliphatic heterocycles. The van der Waals surface area contributed by atoms with Gasteiger partial charge in [0.2, 0.25) is 5.95 Å². The lowest BCUT2D eigenvalue weighted by Crippen LogP contribution is -2.30. The van der Waals surface area contributed by atoms with Crippen LogP contribution in [-0.2, 0) is 16.6 Å². The minimum absolute atomic E-state index is 0.0943. The summed E-state index contributed by atoms with van der Waals surface area (Å²) in [5.41, 5.74) is 7.60. The molecule has 0 amide bonds. The van der Waals surface area contributed by atoms with Crippen LogP contribution in [-0.4, -0.2) is 28.7 Å². The number of esters is 1. The van der Waals surface area contributed by atoms with Crippen molar-refractivity contribution in [2.24, 2.45) is 7.05 Å². The molecule has 6 heteroatoms. The number of benzene rings is 1. The minimum atomic E-state index is -0.302. The summed E-state index contributed by atoms with van der Waals surface area (Å²) in [7, 11) is 1.91. The Bertz CT molecular complexity index is 550. The van der Waals surface area contributed by atoms with E-state index in [1.165, 1.54) is 0 Å². The molecule has 0 aliphatic rings. The zero-order chi connectivity index (χ0) is 13.0. The molecule has 1 aromatic heterocycles. The molecular formula is C12H16N4O2. The van der Waals surface area contributed by atoms with Crippen LogP contribution in [0.1, 0.15) is 6.92 Å². The second-order valence-corrected chi connectivity index (χ2v) is 3.77. The Labute approximate surface area is 105 Å². The summed E-state index contributed by atoms with van der Waals surface area (Å²) < 4.78 is 6.71. The standard InChI is InChI=1S/C12H16N4O2/c1-3-18-11(17)8-13-15-12-14-9-6-4-5-7-10(9)16(12)2/h4-7,13H,3,8H2,1-2H3,(H,14,15). The maximum atomic E-state index is 11.1. The highest BCUT2D eigenvalue weighted by molar-refractivity contribution is 5.78. The number of hydrazine groups is 1. The number of aromatic nitrogens is 2. The first kappa shape index (κ1) is 12.4. The zero-order valence-corrected chi connectivity index (χ0v) is 10.4. The summed E-state index contributed by atoms with van der Waals surface area (Å²) >= 11 is 0. The summed E-state index contributed by atoms with van der Waals surface area (Å²) in [4.78, 5) is 15.5. The number of nitrogens with one attached hydrogen (secondary N) is 2. The number of aryl methyl sites for hydroxylation is 1. The van der Waals surface area contributed by atoms with Crippen LogP contribution in [0.25, 0.3) is 11.0 Å². The predicted molar refractivity (Wildman–Crippen MR) is 69.0 cm³/mol. The van der Waals surface area contributed by atoms with Crippen molar-refractivity contribution in [2.75, 3.05) is 18.6 Å². The van der Waals surface area contributed by atoms with Gasteiger partial charge in [0.05, 0.1) is 17.6 Å².